The van der Waals surface area contributed by atoms with Gasteiger partial charge in [0.1, 0.15) is 10.7 Å². The van der Waals surface area contributed by atoms with Crippen LogP contribution in [-0.4, -0.2) is 11.3 Å². The Hall–Kier alpha value is -1.47. The molecule has 0 aliphatic rings. The predicted octanol–water partition coefficient (Wildman–Crippen LogP) is 1.95. The molecule has 0 bridgehead atoms. The minimum atomic E-state index is 0.0607. The Morgan fingerprint density at radius 3 is 2.92 bits per heavy atom. The first-order valence-electron chi connectivity index (χ1n) is 3.46. The number of pyridine rings is 1. The number of hydrogen-bond acceptors (Lipinski definition) is 3. The molecular formula is C9H5BrN2O. The van der Waals surface area contributed by atoms with E-state index >= 15 is 0 Å². The minimum absolute atomic E-state index is 0.0607. The van der Waals surface area contributed by atoms with Crippen LogP contribution in [0.4, 0.5) is 0 Å². The summed E-state index contributed by atoms with van der Waals surface area (Å²) < 4.78 is 0.671. The van der Waals surface area contributed by atoms with Crippen molar-refractivity contribution in [3.63, 3.8) is 0 Å². The van der Waals surface area contributed by atoms with Gasteiger partial charge in [-0.15, -0.1) is 0 Å². The molecule has 1 aromatic rings. The maximum Gasteiger partial charge on any atom is 0.160 e. The third kappa shape index (κ3) is 2.80. The molecule has 0 amide bonds. The highest BCUT2D eigenvalue weighted by atomic mass is 79.9. The van der Waals surface area contributed by atoms with Crippen LogP contribution >= 0.6 is 15.9 Å². The molecule has 0 aliphatic heterocycles. The van der Waals surface area contributed by atoms with Crippen molar-refractivity contribution in [2.75, 3.05) is 0 Å². The lowest BCUT2D eigenvalue weighted by atomic mass is 10.2. The Morgan fingerprint density at radius 2 is 2.38 bits per heavy atom. The zero-order valence-corrected chi connectivity index (χ0v) is 8.15. The third-order valence-electron chi connectivity index (χ3n) is 1.30. The van der Waals surface area contributed by atoms with Crippen molar-refractivity contribution in [3.05, 3.63) is 34.1 Å². The Labute approximate surface area is 83.8 Å². The van der Waals surface area contributed by atoms with Crippen molar-refractivity contribution in [1.82, 2.24) is 4.98 Å². The van der Waals surface area contributed by atoms with Gasteiger partial charge < -0.3 is 0 Å². The number of halogens is 1. The van der Waals surface area contributed by atoms with Crippen LogP contribution < -0.4 is 0 Å². The number of carbonyl (C=O) groups excluding carboxylic acids is 1. The van der Waals surface area contributed by atoms with Crippen LogP contribution in [0.5, 0.6) is 0 Å². The Morgan fingerprint density at radius 1 is 1.62 bits per heavy atom. The zero-order valence-electron chi connectivity index (χ0n) is 6.57. The second-order valence-electron chi connectivity index (χ2n) is 2.21. The molecule has 0 saturated heterocycles. The van der Waals surface area contributed by atoms with Crippen LogP contribution in [0, 0.1) is 11.3 Å². The first-order valence-corrected chi connectivity index (χ1v) is 4.25. The van der Waals surface area contributed by atoms with E-state index in [1.165, 1.54) is 6.08 Å². The summed E-state index contributed by atoms with van der Waals surface area (Å²) >= 11 is 3.18. The van der Waals surface area contributed by atoms with Crippen molar-refractivity contribution >= 4 is 28.3 Å². The van der Waals surface area contributed by atoms with Gasteiger partial charge in [-0.1, -0.05) is 6.07 Å². The van der Waals surface area contributed by atoms with E-state index in [-0.39, 0.29) is 5.57 Å². The lowest BCUT2D eigenvalue weighted by Crippen LogP contribution is -1.84. The van der Waals surface area contributed by atoms with E-state index in [2.05, 4.69) is 20.9 Å². The van der Waals surface area contributed by atoms with Gasteiger partial charge in [-0.05, 0) is 34.1 Å². The van der Waals surface area contributed by atoms with Gasteiger partial charge in [0.2, 0.25) is 0 Å². The number of rotatable bonds is 2. The summed E-state index contributed by atoms with van der Waals surface area (Å²) in [6, 6.07) is 7.02. The van der Waals surface area contributed by atoms with Crippen LogP contribution in [0.15, 0.2) is 28.4 Å². The number of aldehydes is 1. The first-order chi connectivity index (χ1) is 6.26. The second kappa shape index (κ2) is 4.53. The molecule has 0 radical (unpaired) electrons. The van der Waals surface area contributed by atoms with Crippen LogP contribution in [0.25, 0.3) is 6.08 Å². The van der Waals surface area contributed by atoms with E-state index in [1.54, 1.807) is 24.3 Å². The molecule has 0 saturated carbocycles. The first kappa shape index (κ1) is 9.62. The lowest BCUT2D eigenvalue weighted by molar-refractivity contribution is -0.104. The summed E-state index contributed by atoms with van der Waals surface area (Å²) in [6.07, 6.45) is 1.93. The van der Waals surface area contributed by atoms with E-state index in [0.717, 1.165) is 0 Å². The Kier molecular flexibility index (Phi) is 3.35. The number of nitriles is 1. The van der Waals surface area contributed by atoms with Gasteiger partial charge in [0.05, 0.1) is 11.3 Å². The molecule has 64 valence electrons. The minimum Gasteiger partial charge on any atom is -0.297 e. The van der Waals surface area contributed by atoms with Gasteiger partial charge in [0.25, 0.3) is 0 Å². The summed E-state index contributed by atoms with van der Waals surface area (Å²) in [5.74, 6) is 0. The van der Waals surface area contributed by atoms with E-state index in [4.69, 9.17) is 5.26 Å². The number of hydrogen-bond donors (Lipinski definition) is 0. The smallest absolute Gasteiger partial charge is 0.160 e. The van der Waals surface area contributed by atoms with E-state index in [0.29, 0.717) is 16.6 Å². The average Bonchev–Trinajstić information content (AvgIpc) is 2.14. The quantitative estimate of drug-likeness (QED) is 0.342. The van der Waals surface area contributed by atoms with Crippen molar-refractivity contribution in [3.8, 4) is 6.07 Å². The van der Waals surface area contributed by atoms with Gasteiger partial charge in [-0.25, -0.2) is 4.98 Å². The van der Waals surface area contributed by atoms with E-state index in [1.807, 2.05) is 0 Å². The monoisotopic (exact) mass is 236 g/mol. The predicted molar refractivity (Wildman–Crippen MR) is 51.6 cm³/mol. The van der Waals surface area contributed by atoms with Crippen LogP contribution in [0.1, 0.15) is 5.69 Å². The lowest BCUT2D eigenvalue weighted by Gasteiger charge is -1.92. The zero-order chi connectivity index (χ0) is 9.68. The molecule has 0 N–H and O–H groups in total. The maximum atomic E-state index is 10.3. The topological polar surface area (TPSA) is 53.8 Å². The third-order valence-corrected chi connectivity index (χ3v) is 1.74. The highest BCUT2D eigenvalue weighted by Crippen LogP contribution is 2.08. The fraction of sp³-hybridized carbons (Fsp3) is 0. The Balaban J connectivity index is 3.04. The van der Waals surface area contributed by atoms with Gasteiger partial charge >= 0.3 is 0 Å². The molecule has 1 rings (SSSR count). The fourth-order valence-electron chi connectivity index (χ4n) is 0.756. The molecule has 0 unspecified atom stereocenters. The SMILES string of the molecule is N#C/C(C=O)=C\c1cccc(Br)n1. The van der Waals surface area contributed by atoms with Gasteiger partial charge in [-0.2, -0.15) is 5.26 Å². The van der Waals surface area contributed by atoms with Gasteiger partial charge in [0.15, 0.2) is 6.29 Å². The molecule has 4 heteroatoms. The van der Waals surface area contributed by atoms with Crippen LogP contribution in [0.3, 0.4) is 0 Å². The fourth-order valence-corrected chi connectivity index (χ4v) is 1.11. The molecule has 0 fully saturated rings. The average molecular weight is 237 g/mol. The summed E-state index contributed by atoms with van der Waals surface area (Å²) in [7, 11) is 0. The maximum absolute atomic E-state index is 10.3. The summed E-state index contributed by atoms with van der Waals surface area (Å²) in [5.41, 5.74) is 0.642. The number of carbonyl (C=O) groups is 1. The van der Waals surface area contributed by atoms with Gasteiger partial charge in [-0.3, -0.25) is 4.79 Å². The van der Waals surface area contributed by atoms with Gasteiger partial charge in [0, 0.05) is 0 Å². The molecule has 1 heterocycles. The normalized spacial score (nSPS) is 10.6. The standard InChI is InChI=1S/C9H5BrN2O/c10-9-3-1-2-8(12-9)4-7(5-11)6-13/h1-4,6H/b7-4+. The molecule has 1 aromatic heterocycles. The van der Waals surface area contributed by atoms with E-state index in [9.17, 15) is 4.79 Å². The molecule has 0 aliphatic carbocycles. The van der Waals surface area contributed by atoms with Crippen molar-refractivity contribution < 1.29 is 4.79 Å². The summed E-state index contributed by atoms with van der Waals surface area (Å²) in [6.45, 7) is 0. The molecule has 13 heavy (non-hydrogen) atoms. The molecule has 0 aromatic carbocycles. The number of aromatic nitrogens is 1. The van der Waals surface area contributed by atoms with Crippen molar-refractivity contribution in [2.45, 2.75) is 0 Å². The largest absolute Gasteiger partial charge is 0.297 e. The van der Waals surface area contributed by atoms with Crippen molar-refractivity contribution in [1.29, 1.82) is 5.26 Å². The number of allylic oxidation sites excluding steroid dienone is 1. The summed E-state index contributed by atoms with van der Waals surface area (Å²) in [4.78, 5) is 14.3. The highest BCUT2D eigenvalue weighted by molar-refractivity contribution is 9.10. The van der Waals surface area contributed by atoms with Crippen molar-refractivity contribution in [2.24, 2.45) is 0 Å². The highest BCUT2D eigenvalue weighted by Gasteiger charge is 1.95. The molecule has 0 spiro atoms. The second-order valence-corrected chi connectivity index (χ2v) is 3.03. The van der Waals surface area contributed by atoms with Crippen LogP contribution in [-0.2, 0) is 4.79 Å². The molecule has 3 nitrogen and oxygen atoms in total. The summed E-state index contributed by atoms with van der Waals surface area (Å²) in [5, 5.41) is 8.47. The molecular weight excluding hydrogens is 232 g/mol. The number of nitrogens with zero attached hydrogens (tertiary/aromatic N) is 2. The molecule has 0 atom stereocenters. The Bertz CT molecular complexity index is 393. The van der Waals surface area contributed by atoms with Crippen LogP contribution in [0.2, 0.25) is 0 Å². The van der Waals surface area contributed by atoms with E-state index < -0.39 is 0 Å².